The second-order valence-electron chi connectivity index (χ2n) is 6.05. The molecule has 0 unspecified atom stereocenters. The van der Waals surface area contributed by atoms with Crippen LogP contribution in [0.3, 0.4) is 0 Å². The normalized spacial score (nSPS) is 10.3. The number of ether oxygens (including phenoxy) is 2. The van der Waals surface area contributed by atoms with E-state index >= 15 is 0 Å². The molecular weight excluding hydrogens is 526 g/mol. The van der Waals surface area contributed by atoms with Gasteiger partial charge >= 0.3 is 10.1 Å². The zero-order chi connectivity index (χ0) is 25.2. The van der Waals surface area contributed by atoms with Crippen molar-refractivity contribution < 1.29 is 32.4 Å². The molecule has 0 aliphatic rings. The first-order valence-corrected chi connectivity index (χ1v) is 11.0. The Bertz CT molecular complexity index is 1110. The second-order valence-corrected chi connectivity index (χ2v) is 8.48. The van der Waals surface area contributed by atoms with Gasteiger partial charge in [-0.3, -0.25) is 5.41 Å². The molecule has 13 nitrogen and oxygen atoms in total. The predicted molar refractivity (Wildman–Crippen MR) is 122 cm³/mol. The number of nitrogens with two attached hydrogens (primary N) is 1. The van der Waals surface area contributed by atoms with Gasteiger partial charge in [0.15, 0.2) is 0 Å². The van der Waals surface area contributed by atoms with Crippen molar-refractivity contribution in [1.29, 1.82) is 5.41 Å². The Hall–Kier alpha value is -3.59. The highest BCUT2D eigenvalue weighted by molar-refractivity contribution is 9.10. The van der Waals surface area contributed by atoms with Crippen LogP contribution < -0.4 is 19.4 Å². The van der Waals surface area contributed by atoms with Crippen molar-refractivity contribution in [3.8, 4) is 17.2 Å². The Kier molecular flexibility index (Phi) is 10.4. The number of hydrogen-bond acceptors (Lipinski definition) is 9. The topological polar surface area (TPSA) is 191 Å². The lowest BCUT2D eigenvalue weighted by Gasteiger charge is -2.16. The molecule has 0 saturated carbocycles. The maximum Gasteiger partial charge on any atom is 0.342 e. The van der Waals surface area contributed by atoms with Gasteiger partial charge in [-0.25, -0.2) is 5.01 Å². The summed E-state index contributed by atoms with van der Waals surface area (Å²) in [6.45, 7) is 5.45. The largest absolute Gasteiger partial charge is 0.495 e. The maximum atomic E-state index is 12.7. The van der Waals surface area contributed by atoms with Crippen molar-refractivity contribution >= 4 is 38.7 Å². The molecule has 0 aliphatic heterocycles. The van der Waals surface area contributed by atoms with Crippen molar-refractivity contribution in [3.63, 3.8) is 0 Å². The second kappa shape index (κ2) is 12.4. The molecule has 0 aliphatic carbocycles. The SMILES string of the molecule is C=NN(CCOc1cc(C)cc(OS(=O)(=O)c2cc(Br)ccc2OC)c1)C(=N)N.O=[N+]([O-])O. The summed E-state index contributed by atoms with van der Waals surface area (Å²) in [5.41, 5.74) is 6.09. The van der Waals surface area contributed by atoms with Gasteiger partial charge in [-0.05, 0) is 42.8 Å². The van der Waals surface area contributed by atoms with Gasteiger partial charge in [0.25, 0.3) is 5.09 Å². The number of halogens is 1. The molecule has 2 aromatic carbocycles. The number of rotatable bonds is 9. The lowest BCUT2D eigenvalue weighted by molar-refractivity contribution is -0.742. The van der Waals surface area contributed by atoms with E-state index < -0.39 is 15.2 Å². The van der Waals surface area contributed by atoms with Crippen LogP contribution in [0.15, 0.2) is 50.9 Å². The van der Waals surface area contributed by atoms with E-state index in [-0.39, 0.29) is 35.5 Å². The van der Waals surface area contributed by atoms with Crippen molar-refractivity contribution in [3.05, 3.63) is 56.5 Å². The zero-order valence-electron chi connectivity index (χ0n) is 17.6. The number of hydrazone groups is 1. The third-order valence-corrected chi connectivity index (χ3v) is 5.41. The molecule has 0 atom stereocenters. The highest BCUT2D eigenvalue weighted by Gasteiger charge is 2.23. The third kappa shape index (κ3) is 9.20. The van der Waals surface area contributed by atoms with Gasteiger partial charge in [0, 0.05) is 17.3 Å². The van der Waals surface area contributed by atoms with E-state index in [1.54, 1.807) is 25.1 Å². The summed E-state index contributed by atoms with van der Waals surface area (Å²) in [4.78, 5) is 8.26. The number of methoxy groups -OCH3 is 1. The summed E-state index contributed by atoms with van der Waals surface area (Å²) < 4.78 is 42.1. The molecule has 2 aromatic rings. The van der Waals surface area contributed by atoms with E-state index in [4.69, 9.17) is 40.1 Å². The molecule has 2 rings (SSSR count). The van der Waals surface area contributed by atoms with Gasteiger partial charge in [0.2, 0.25) is 5.96 Å². The quantitative estimate of drug-likeness (QED) is 0.138. The standard InChI is InChI=1S/C18H21BrN4O5S.HNO3/c1-12-8-14(27-7-6-23(22-2)18(20)21)11-15(9-12)28-29(24,25)17-10-13(19)4-5-16(17)26-3;2-1(3)4/h4-5,8-11H,2,6-7H2,1,3H3,(H3,20,21);(H,2,3,4). The zero-order valence-corrected chi connectivity index (χ0v) is 20.0. The number of guanidine groups is 1. The summed E-state index contributed by atoms with van der Waals surface area (Å²) in [6, 6.07) is 9.34. The van der Waals surface area contributed by atoms with Crippen molar-refractivity contribution in [2.75, 3.05) is 20.3 Å². The van der Waals surface area contributed by atoms with Gasteiger partial charge in [0.1, 0.15) is 28.8 Å². The van der Waals surface area contributed by atoms with Gasteiger partial charge in [-0.15, -0.1) is 10.1 Å². The lowest BCUT2D eigenvalue weighted by Crippen LogP contribution is -2.34. The van der Waals surface area contributed by atoms with E-state index in [1.807, 2.05) is 0 Å². The van der Waals surface area contributed by atoms with E-state index in [2.05, 4.69) is 27.7 Å². The summed E-state index contributed by atoms with van der Waals surface area (Å²) in [7, 11) is -2.77. The molecule has 33 heavy (non-hydrogen) atoms. The average Bonchev–Trinajstić information content (AvgIpc) is 2.69. The van der Waals surface area contributed by atoms with Crippen LogP contribution in [0.1, 0.15) is 5.56 Å². The Balaban J connectivity index is 0.00000125. The van der Waals surface area contributed by atoms with Crippen LogP contribution in [0, 0.1) is 22.4 Å². The van der Waals surface area contributed by atoms with Gasteiger partial charge in [0.05, 0.1) is 13.7 Å². The predicted octanol–water partition coefficient (Wildman–Crippen LogP) is 2.38. The third-order valence-electron chi connectivity index (χ3n) is 3.65. The van der Waals surface area contributed by atoms with Gasteiger partial charge < -0.3 is 24.6 Å². The molecule has 0 aromatic heterocycles. The van der Waals surface area contributed by atoms with Crippen LogP contribution in [0.25, 0.3) is 0 Å². The van der Waals surface area contributed by atoms with Crippen molar-refractivity contribution in [1.82, 2.24) is 5.01 Å². The van der Waals surface area contributed by atoms with E-state index in [1.165, 1.54) is 25.3 Å². The summed E-state index contributed by atoms with van der Waals surface area (Å²) in [5, 5.41) is 25.7. The maximum absolute atomic E-state index is 12.7. The minimum absolute atomic E-state index is 0.0901. The van der Waals surface area contributed by atoms with Crippen molar-refractivity contribution in [2.24, 2.45) is 10.8 Å². The van der Waals surface area contributed by atoms with Crippen LogP contribution in [0.4, 0.5) is 0 Å². The van der Waals surface area contributed by atoms with Crippen LogP contribution in [0.5, 0.6) is 17.2 Å². The van der Waals surface area contributed by atoms with Crippen LogP contribution in [-0.2, 0) is 10.1 Å². The number of hydrogen-bond donors (Lipinski definition) is 3. The number of nitrogens with zero attached hydrogens (tertiary/aromatic N) is 3. The highest BCUT2D eigenvalue weighted by atomic mass is 79.9. The molecular formula is C18H22BrN5O8S. The van der Waals surface area contributed by atoms with Crippen molar-refractivity contribution in [2.45, 2.75) is 11.8 Å². The summed E-state index contributed by atoms with van der Waals surface area (Å²) in [5.74, 6) is 0.390. The Labute approximate surface area is 198 Å². The molecule has 15 heteroatoms. The summed E-state index contributed by atoms with van der Waals surface area (Å²) in [6.07, 6.45) is 0. The molecule has 0 heterocycles. The van der Waals surface area contributed by atoms with Crippen LogP contribution >= 0.6 is 15.9 Å². The van der Waals surface area contributed by atoms with Crippen LogP contribution in [-0.4, -0.2) is 56.7 Å². The molecule has 180 valence electrons. The number of aryl methyl sites for hydroxylation is 1. The molecule has 0 amide bonds. The number of nitrogens with one attached hydrogen (secondary N) is 1. The molecule has 0 spiro atoms. The Morgan fingerprint density at radius 1 is 1.33 bits per heavy atom. The van der Waals surface area contributed by atoms with E-state index in [0.717, 1.165) is 10.6 Å². The molecule has 0 radical (unpaired) electrons. The molecule has 4 N–H and O–H groups in total. The monoisotopic (exact) mass is 547 g/mol. The highest BCUT2D eigenvalue weighted by Crippen LogP contribution is 2.31. The fourth-order valence-electron chi connectivity index (χ4n) is 2.38. The lowest BCUT2D eigenvalue weighted by atomic mass is 10.2. The average molecular weight is 548 g/mol. The first-order chi connectivity index (χ1) is 15.4. The van der Waals surface area contributed by atoms with E-state index in [0.29, 0.717) is 10.2 Å². The summed E-state index contributed by atoms with van der Waals surface area (Å²) >= 11 is 3.25. The first-order valence-electron chi connectivity index (χ1n) is 8.83. The van der Waals surface area contributed by atoms with Crippen LogP contribution in [0.2, 0.25) is 0 Å². The van der Waals surface area contributed by atoms with E-state index in [9.17, 15) is 8.42 Å². The minimum Gasteiger partial charge on any atom is -0.495 e. The smallest absolute Gasteiger partial charge is 0.342 e. The Morgan fingerprint density at radius 3 is 2.48 bits per heavy atom. The molecule has 0 fully saturated rings. The number of benzene rings is 2. The van der Waals surface area contributed by atoms with Gasteiger partial charge in [-0.1, -0.05) is 15.9 Å². The molecule has 0 saturated heterocycles. The Morgan fingerprint density at radius 2 is 1.94 bits per heavy atom. The fourth-order valence-corrected chi connectivity index (χ4v) is 4.00. The minimum atomic E-state index is -4.15. The first kappa shape index (κ1) is 27.4. The fraction of sp³-hybridized carbons (Fsp3) is 0.222. The van der Waals surface area contributed by atoms with Gasteiger partial charge in [-0.2, -0.15) is 13.5 Å². The molecule has 0 bridgehead atoms.